The van der Waals surface area contributed by atoms with Crippen molar-refractivity contribution >= 4 is 34.7 Å². The maximum absolute atomic E-state index is 5.46. The number of hydrogen-bond acceptors (Lipinski definition) is 3. The summed E-state index contributed by atoms with van der Waals surface area (Å²) in [7, 11) is 0. The van der Waals surface area contributed by atoms with Gasteiger partial charge in [0, 0.05) is 27.9 Å². The van der Waals surface area contributed by atoms with Gasteiger partial charge in [0.05, 0.1) is 5.52 Å². The Bertz CT molecular complexity index is 810. The van der Waals surface area contributed by atoms with E-state index in [4.69, 9.17) is 12.2 Å². The van der Waals surface area contributed by atoms with Crippen LogP contribution in [0.4, 0.5) is 0 Å². The Morgan fingerprint density at radius 1 is 1.30 bits per heavy atom. The van der Waals surface area contributed by atoms with E-state index in [1.165, 1.54) is 9.75 Å². The van der Waals surface area contributed by atoms with Gasteiger partial charge in [-0.15, -0.1) is 11.3 Å². The predicted octanol–water partition coefficient (Wildman–Crippen LogP) is 4.58. The zero-order valence-electron chi connectivity index (χ0n) is 11.8. The average Bonchev–Trinajstić information content (AvgIpc) is 2.91. The molecule has 0 spiro atoms. The smallest absolute Gasteiger partial charge is 0.179 e. The molecule has 104 valence electrons. The number of aromatic nitrogens is 3. The third-order valence-corrected chi connectivity index (χ3v) is 4.76. The van der Waals surface area contributed by atoms with E-state index in [0.717, 1.165) is 28.0 Å². The summed E-state index contributed by atoms with van der Waals surface area (Å²) in [4.78, 5) is 10.6. The van der Waals surface area contributed by atoms with E-state index >= 15 is 0 Å². The van der Waals surface area contributed by atoms with E-state index in [2.05, 4.69) is 40.5 Å². The first-order valence-electron chi connectivity index (χ1n) is 6.68. The number of hydrogen-bond donors (Lipinski definition) is 1. The lowest BCUT2D eigenvalue weighted by atomic mass is 10.2. The number of aromatic amines is 1. The van der Waals surface area contributed by atoms with Crippen LogP contribution in [-0.4, -0.2) is 14.5 Å². The molecule has 3 nitrogen and oxygen atoms in total. The molecule has 0 saturated heterocycles. The fourth-order valence-electron chi connectivity index (χ4n) is 2.48. The van der Waals surface area contributed by atoms with Gasteiger partial charge in [-0.1, -0.05) is 0 Å². The van der Waals surface area contributed by atoms with Crippen molar-refractivity contribution < 1.29 is 0 Å². The molecule has 0 saturated carbocycles. The lowest BCUT2D eigenvalue weighted by molar-refractivity contribution is 0.553. The van der Waals surface area contributed by atoms with E-state index < -0.39 is 0 Å². The first-order valence-corrected chi connectivity index (χ1v) is 7.90. The predicted molar refractivity (Wildman–Crippen MR) is 87.1 cm³/mol. The van der Waals surface area contributed by atoms with Gasteiger partial charge < -0.3 is 4.98 Å². The lowest BCUT2D eigenvalue weighted by Gasteiger charge is -2.13. The van der Waals surface area contributed by atoms with Gasteiger partial charge in [-0.3, -0.25) is 4.57 Å². The maximum atomic E-state index is 5.46. The molecule has 0 aliphatic carbocycles. The van der Waals surface area contributed by atoms with Crippen molar-refractivity contribution in [2.75, 3.05) is 0 Å². The average molecular weight is 303 g/mol. The number of rotatable bonds is 3. The van der Waals surface area contributed by atoms with Crippen molar-refractivity contribution in [1.82, 2.24) is 14.5 Å². The molecular weight excluding hydrogens is 286 g/mol. The van der Waals surface area contributed by atoms with E-state index in [0.29, 0.717) is 6.04 Å². The Hall–Kier alpha value is -1.46. The lowest BCUT2D eigenvalue weighted by Crippen LogP contribution is -2.08. The van der Waals surface area contributed by atoms with Gasteiger partial charge in [0.1, 0.15) is 0 Å². The Balaban J connectivity index is 2.02. The van der Waals surface area contributed by atoms with Crippen LogP contribution in [0.2, 0.25) is 0 Å². The van der Waals surface area contributed by atoms with Crippen LogP contribution in [-0.2, 0) is 6.42 Å². The number of nitrogens with zero attached hydrogens (tertiary/aromatic N) is 2. The van der Waals surface area contributed by atoms with Gasteiger partial charge in [-0.2, -0.15) is 0 Å². The van der Waals surface area contributed by atoms with Crippen LogP contribution in [0.25, 0.3) is 11.2 Å². The Morgan fingerprint density at radius 3 is 2.80 bits per heavy atom. The molecule has 0 aliphatic heterocycles. The minimum absolute atomic E-state index is 0.295. The summed E-state index contributed by atoms with van der Waals surface area (Å²) in [5.74, 6) is 0. The molecule has 3 aromatic heterocycles. The van der Waals surface area contributed by atoms with Crippen LogP contribution >= 0.6 is 23.6 Å². The molecule has 0 amide bonds. The summed E-state index contributed by atoms with van der Waals surface area (Å²) in [5.41, 5.74) is 2.98. The van der Waals surface area contributed by atoms with E-state index in [-0.39, 0.29) is 0 Å². The van der Waals surface area contributed by atoms with E-state index in [9.17, 15) is 0 Å². The Morgan fingerprint density at radius 2 is 2.10 bits per heavy atom. The van der Waals surface area contributed by atoms with Gasteiger partial charge in [-0.05, 0) is 57.3 Å². The number of imidazole rings is 1. The van der Waals surface area contributed by atoms with Crippen LogP contribution in [0.5, 0.6) is 0 Å². The third-order valence-electron chi connectivity index (χ3n) is 3.44. The molecule has 5 heteroatoms. The Kier molecular flexibility index (Phi) is 3.48. The largest absolute Gasteiger partial charge is 0.329 e. The van der Waals surface area contributed by atoms with Crippen LogP contribution in [0, 0.1) is 18.6 Å². The molecule has 0 bridgehead atoms. The molecule has 1 N–H and O–H groups in total. The summed E-state index contributed by atoms with van der Waals surface area (Å²) in [6.45, 7) is 6.34. The molecule has 0 aliphatic rings. The number of aryl methyl sites for hydroxylation is 2. The van der Waals surface area contributed by atoms with Crippen molar-refractivity contribution in [3.8, 4) is 0 Å². The third kappa shape index (κ3) is 2.43. The summed E-state index contributed by atoms with van der Waals surface area (Å²) >= 11 is 7.31. The zero-order valence-corrected chi connectivity index (χ0v) is 13.4. The van der Waals surface area contributed by atoms with E-state index in [1.807, 2.05) is 30.4 Å². The number of fused-ring (bicyclic) bond motifs is 1. The quantitative estimate of drug-likeness (QED) is 0.719. The number of H-pyrrole nitrogens is 1. The highest BCUT2D eigenvalue weighted by molar-refractivity contribution is 7.71. The first kappa shape index (κ1) is 13.5. The Labute approximate surface area is 127 Å². The van der Waals surface area contributed by atoms with Gasteiger partial charge >= 0.3 is 0 Å². The molecule has 0 fully saturated rings. The minimum atomic E-state index is 0.295. The molecule has 3 aromatic rings. The monoisotopic (exact) mass is 303 g/mol. The van der Waals surface area contributed by atoms with Gasteiger partial charge in [0.25, 0.3) is 0 Å². The van der Waals surface area contributed by atoms with E-state index in [1.54, 1.807) is 0 Å². The van der Waals surface area contributed by atoms with Gasteiger partial charge in [0.2, 0.25) is 0 Å². The number of pyridine rings is 1. The highest BCUT2D eigenvalue weighted by Crippen LogP contribution is 2.24. The minimum Gasteiger partial charge on any atom is -0.329 e. The second-order valence-electron chi connectivity index (χ2n) is 5.19. The van der Waals surface area contributed by atoms with Crippen molar-refractivity contribution in [1.29, 1.82) is 0 Å². The standard InChI is InChI=1S/C15H17N3S2/c1-9-4-7-13-14(16-9)18(15(19)17-13)10(2)8-12-6-5-11(3)20-12/h4-7,10H,8H2,1-3H3,(H,17,19). The molecule has 1 atom stereocenters. The highest BCUT2D eigenvalue weighted by Gasteiger charge is 2.13. The second kappa shape index (κ2) is 5.14. The van der Waals surface area contributed by atoms with Gasteiger partial charge in [-0.25, -0.2) is 4.98 Å². The van der Waals surface area contributed by atoms with Crippen molar-refractivity contribution in [3.05, 3.63) is 44.5 Å². The van der Waals surface area contributed by atoms with Crippen molar-refractivity contribution in [2.45, 2.75) is 33.2 Å². The molecule has 20 heavy (non-hydrogen) atoms. The van der Waals surface area contributed by atoms with Crippen LogP contribution in [0.15, 0.2) is 24.3 Å². The van der Waals surface area contributed by atoms with Crippen molar-refractivity contribution in [2.24, 2.45) is 0 Å². The zero-order chi connectivity index (χ0) is 14.3. The maximum Gasteiger partial charge on any atom is 0.179 e. The topological polar surface area (TPSA) is 33.6 Å². The number of nitrogens with one attached hydrogen (secondary N) is 1. The van der Waals surface area contributed by atoms with Gasteiger partial charge in [0.15, 0.2) is 10.4 Å². The van der Waals surface area contributed by atoms with Crippen LogP contribution in [0.1, 0.15) is 28.4 Å². The fourth-order valence-corrected chi connectivity index (χ4v) is 3.87. The molecule has 1 unspecified atom stereocenters. The second-order valence-corrected chi connectivity index (χ2v) is 6.95. The molecular formula is C15H17N3S2. The number of thiophene rings is 1. The van der Waals surface area contributed by atoms with Crippen molar-refractivity contribution in [3.63, 3.8) is 0 Å². The fraction of sp³-hybridized carbons (Fsp3) is 0.333. The van der Waals surface area contributed by atoms with Crippen LogP contribution in [0.3, 0.4) is 0 Å². The summed E-state index contributed by atoms with van der Waals surface area (Å²) in [5, 5.41) is 0. The summed E-state index contributed by atoms with van der Waals surface area (Å²) < 4.78 is 2.88. The SMILES string of the molecule is Cc1ccc2[nH]c(=S)n(C(C)Cc3ccc(C)s3)c2n1. The summed E-state index contributed by atoms with van der Waals surface area (Å²) in [6, 6.07) is 8.72. The highest BCUT2D eigenvalue weighted by atomic mass is 32.1. The van der Waals surface area contributed by atoms with Crippen LogP contribution < -0.4 is 0 Å². The molecule has 3 rings (SSSR count). The molecule has 0 radical (unpaired) electrons. The first-order chi connectivity index (χ1) is 9.54. The molecule has 0 aromatic carbocycles. The molecule has 3 heterocycles. The normalized spacial score (nSPS) is 12.9. The summed E-state index contributed by atoms with van der Waals surface area (Å²) in [6.07, 6.45) is 0.982.